The van der Waals surface area contributed by atoms with Crippen LogP contribution in [0.5, 0.6) is 0 Å². The fourth-order valence-electron chi connectivity index (χ4n) is 1.88. The van der Waals surface area contributed by atoms with Gasteiger partial charge in [-0.05, 0) is 24.6 Å². The molecule has 1 heterocycles. The van der Waals surface area contributed by atoms with E-state index in [9.17, 15) is 9.59 Å². The van der Waals surface area contributed by atoms with Gasteiger partial charge in [-0.15, -0.1) is 0 Å². The van der Waals surface area contributed by atoms with Gasteiger partial charge in [0, 0.05) is 29.9 Å². The van der Waals surface area contributed by atoms with E-state index in [0.717, 1.165) is 5.69 Å². The molecule has 7 heteroatoms. The van der Waals surface area contributed by atoms with E-state index in [2.05, 4.69) is 10.3 Å². The number of aromatic nitrogens is 2. The topological polar surface area (TPSA) is 64.0 Å². The lowest BCUT2D eigenvalue weighted by Gasteiger charge is -2.09. The summed E-state index contributed by atoms with van der Waals surface area (Å²) in [6.07, 6.45) is 2.20. The molecule has 1 aromatic carbocycles. The lowest BCUT2D eigenvalue weighted by molar-refractivity contribution is 0.0952. The Bertz CT molecular complexity index is 744. The summed E-state index contributed by atoms with van der Waals surface area (Å²) in [6, 6.07) is 6.16. The Morgan fingerprint density at radius 3 is 2.73 bits per heavy atom. The molecule has 0 atom stereocenters. The molecule has 0 aliphatic carbocycles. The molecule has 0 saturated heterocycles. The number of aryl methyl sites for hydroxylation is 1. The van der Waals surface area contributed by atoms with Crippen LogP contribution in [0.3, 0.4) is 0 Å². The first-order chi connectivity index (χ1) is 10.5. The van der Waals surface area contributed by atoms with Crippen molar-refractivity contribution in [2.24, 2.45) is 0 Å². The summed E-state index contributed by atoms with van der Waals surface area (Å²) in [5, 5.41) is 3.47. The molecule has 0 fully saturated rings. The third-order valence-corrected chi connectivity index (χ3v) is 3.66. The number of benzene rings is 1. The summed E-state index contributed by atoms with van der Waals surface area (Å²) in [4.78, 5) is 28.0. The van der Waals surface area contributed by atoms with Crippen LogP contribution in [-0.2, 0) is 13.0 Å². The summed E-state index contributed by atoms with van der Waals surface area (Å²) in [6.45, 7) is 2.57. The standard InChI is InChI=1S/C15H15Cl2N3O2/c1-2-11-8-14(21)20(9-19-11)6-5-18-15(22)12-4-3-10(16)7-13(12)17/h3-4,7-9H,2,5-6H2,1H3,(H,18,22). The molecule has 0 saturated carbocycles. The summed E-state index contributed by atoms with van der Waals surface area (Å²) in [5.41, 5.74) is 0.960. The highest BCUT2D eigenvalue weighted by Crippen LogP contribution is 2.20. The van der Waals surface area contributed by atoms with Gasteiger partial charge < -0.3 is 5.32 Å². The molecule has 0 unspecified atom stereocenters. The molecule has 1 N–H and O–H groups in total. The van der Waals surface area contributed by atoms with Gasteiger partial charge in [0.1, 0.15) is 0 Å². The second-order valence-electron chi connectivity index (χ2n) is 4.65. The molecular weight excluding hydrogens is 325 g/mol. The van der Waals surface area contributed by atoms with Gasteiger partial charge in [-0.3, -0.25) is 14.2 Å². The number of halogens is 2. The molecule has 2 rings (SSSR count). The normalized spacial score (nSPS) is 10.5. The lowest BCUT2D eigenvalue weighted by Crippen LogP contribution is -2.31. The van der Waals surface area contributed by atoms with Gasteiger partial charge in [-0.1, -0.05) is 30.1 Å². The van der Waals surface area contributed by atoms with Crippen LogP contribution in [-0.4, -0.2) is 22.0 Å². The van der Waals surface area contributed by atoms with E-state index in [0.29, 0.717) is 30.1 Å². The van der Waals surface area contributed by atoms with E-state index >= 15 is 0 Å². The van der Waals surface area contributed by atoms with Crippen LogP contribution >= 0.6 is 23.2 Å². The molecular formula is C15H15Cl2N3O2. The Labute approximate surface area is 137 Å². The zero-order valence-electron chi connectivity index (χ0n) is 12.0. The van der Waals surface area contributed by atoms with Crippen molar-refractivity contribution >= 4 is 29.1 Å². The van der Waals surface area contributed by atoms with Crippen molar-refractivity contribution < 1.29 is 4.79 Å². The van der Waals surface area contributed by atoms with Gasteiger partial charge in [0.2, 0.25) is 0 Å². The van der Waals surface area contributed by atoms with E-state index in [1.165, 1.54) is 23.0 Å². The number of amides is 1. The number of carbonyl (C=O) groups excluding carboxylic acids is 1. The van der Waals surface area contributed by atoms with Crippen molar-refractivity contribution in [2.75, 3.05) is 6.54 Å². The predicted octanol–water partition coefficient (Wildman–Crippen LogP) is 2.54. The Kier molecular flexibility index (Phi) is 5.57. The van der Waals surface area contributed by atoms with E-state index < -0.39 is 0 Å². The number of nitrogens with zero attached hydrogens (tertiary/aromatic N) is 2. The third kappa shape index (κ3) is 4.08. The van der Waals surface area contributed by atoms with Crippen LogP contribution in [0.15, 0.2) is 35.4 Å². The molecule has 22 heavy (non-hydrogen) atoms. The van der Waals surface area contributed by atoms with Crippen LogP contribution in [0.1, 0.15) is 23.0 Å². The van der Waals surface area contributed by atoms with Crippen molar-refractivity contribution in [3.05, 3.63) is 62.2 Å². The first kappa shape index (κ1) is 16.5. The molecule has 116 valence electrons. The number of nitrogens with one attached hydrogen (secondary N) is 1. The van der Waals surface area contributed by atoms with Gasteiger partial charge in [-0.2, -0.15) is 0 Å². The highest BCUT2D eigenvalue weighted by atomic mass is 35.5. The third-order valence-electron chi connectivity index (χ3n) is 3.11. The maximum Gasteiger partial charge on any atom is 0.253 e. The largest absolute Gasteiger partial charge is 0.350 e. The molecule has 0 spiro atoms. The molecule has 0 aliphatic heterocycles. The Morgan fingerprint density at radius 1 is 1.32 bits per heavy atom. The van der Waals surface area contributed by atoms with E-state index in [-0.39, 0.29) is 16.5 Å². The van der Waals surface area contributed by atoms with Crippen LogP contribution in [0.2, 0.25) is 10.0 Å². The number of hydrogen-bond donors (Lipinski definition) is 1. The van der Waals surface area contributed by atoms with Gasteiger partial charge >= 0.3 is 0 Å². The van der Waals surface area contributed by atoms with Gasteiger partial charge in [0.25, 0.3) is 11.5 Å². The van der Waals surface area contributed by atoms with Crippen molar-refractivity contribution in [3.63, 3.8) is 0 Å². The highest BCUT2D eigenvalue weighted by molar-refractivity contribution is 6.36. The summed E-state index contributed by atoms with van der Waals surface area (Å²) < 4.78 is 1.45. The van der Waals surface area contributed by atoms with E-state index in [1.54, 1.807) is 12.1 Å². The van der Waals surface area contributed by atoms with Gasteiger partial charge in [-0.25, -0.2) is 4.98 Å². The minimum absolute atomic E-state index is 0.134. The molecule has 1 aromatic heterocycles. The zero-order chi connectivity index (χ0) is 16.1. The van der Waals surface area contributed by atoms with Crippen molar-refractivity contribution in [1.82, 2.24) is 14.9 Å². The molecule has 5 nitrogen and oxygen atoms in total. The van der Waals surface area contributed by atoms with Crippen molar-refractivity contribution in [2.45, 2.75) is 19.9 Å². The van der Waals surface area contributed by atoms with E-state index in [4.69, 9.17) is 23.2 Å². The molecule has 0 aliphatic rings. The lowest BCUT2D eigenvalue weighted by atomic mass is 10.2. The number of hydrogen-bond acceptors (Lipinski definition) is 3. The monoisotopic (exact) mass is 339 g/mol. The second kappa shape index (κ2) is 7.42. The number of rotatable bonds is 5. The van der Waals surface area contributed by atoms with Crippen LogP contribution < -0.4 is 10.9 Å². The van der Waals surface area contributed by atoms with Crippen LogP contribution in [0.4, 0.5) is 0 Å². The fourth-order valence-corrected chi connectivity index (χ4v) is 2.38. The van der Waals surface area contributed by atoms with Gasteiger partial charge in [0.15, 0.2) is 0 Å². The number of carbonyl (C=O) groups is 1. The Hall–Kier alpha value is -1.85. The average molecular weight is 340 g/mol. The molecule has 0 bridgehead atoms. The second-order valence-corrected chi connectivity index (χ2v) is 5.49. The predicted molar refractivity (Wildman–Crippen MR) is 86.7 cm³/mol. The first-order valence-electron chi connectivity index (χ1n) is 6.80. The molecule has 2 aromatic rings. The minimum Gasteiger partial charge on any atom is -0.350 e. The Balaban J connectivity index is 1.96. The van der Waals surface area contributed by atoms with Gasteiger partial charge in [0.05, 0.1) is 16.9 Å². The summed E-state index contributed by atoms with van der Waals surface area (Å²) >= 11 is 11.8. The Morgan fingerprint density at radius 2 is 2.09 bits per heavy atom. The average Bonchev–Trinajstić information content (AvgIpc) is 2.48. The maximum atomic E-state index is 12.0. The SMILES string of the molecule is CCc1cc(=O)n(CCNC(=O)c2ccc(Cl)cc2Cl)cn1. The van der Waals surface area contributed by atoms with E-state index in [1.807, 2.05) is 6.92 Å². The molecule has 0 radical (unpaired) electrons. The summed E-state index contributed by atoms with van der Waals surface area (Å²) in [5.74, 6) is -0.312. The fraction of sp³-hybridized carbons (Fsp3) is 0.267. The zero-order valence-corrected chi connectivity index (χ0v) is 13.5. The minimum atomic E-state index is -0.312. The smallest absolute Gasteiger partial charge is 0.253 e. The highest BCUT2D eigenvalue weighted by Gasteiger charge is 2.10. The molecule has 1 amide bonds. The van der Waals surface area contributed by atoms with Crippen molar-refractivity contribution in [1.29, 1.82) is 0 Å². The quantitative estimate of drug-likeness (QED) is 0.910. The summed E-state index contributed by atoms with van der Waals surface area (Å²) in [7, 11) is 0. The van der Waals surface area contributed by atoms with Crippen molar-refractivity contribution in [3.8, 4) is 0 Å². The van der Waals surface area contributed by atoms with Crippen LogP contribution in [0, 0.1) is 0 Å². The first-order valence-corrected chi connectivity index (χ1v) is 7.55. The maximum absolute atomic E-state index is 12.0. The van der Waals surface area contributed by atoms with Crippen LogP contribution in [0.25, 0.3) is 0 Å².